The highest BCUT2D eigenvalue weighted by molar-refractivity contribution is 5.92. The number of aromatic nitrogens is 2. The van der Waals surface area contributed by atoms with Crippen molar-refractivity contribution in [3.8, 4) is 0 Å². The maximum atomic E-state index is 12.9. The van der Waals surface area contributed by atoms with Gasteiger partial charge in [0.05, 0.1) is 5.60 Å². The summed E-state index contributed by atoms with van der Waals surface area (Å²) < 4.78 is 0. The van der Waals surface area contributed by atoms with Crippen LogP contribution >= 0.6 is 0 Å². The van der Waals surface area contributed by atoms with Crippen molar-refractivity contribution in [2.24, 2.45) is 0 Å². The number of carbonyl (C=O) groups is 1. The minimum atomic E-state index is -0.979. The van der Waals surface area contributed by atoms with Crippen molar-refractivity contribution in [1.82, 2.24) is 15.1 Å². The van der Waals surface area contributed by atoms with Crippen LogP contribution in [0.1, 0.15) is 56.4 Å². The lowest BCUT2D eigenvalue weighted by atomic mass is 9.92. The Bertz CT molecular complexity index is 679. The van der Waals surface area contributed by atoms with Gasteiger partial charge in [-0.15, -0.1) is 0 Å². The molecule has 130 valence electrons. The molecule has 1 amide bonds. The number of hydrogen-bond acceptors (Lipinski definition) is 3. The second kappa shape index (κ2) is 6.77. The molecule has 2 aromatic rings. The maximum absolute atomic E-state index is 12.9. The van der Waals surface area contributed by atoms with Gasteiger partial charge in [0.25, 0.3) is 5.91 Å². The molecule has 0 saturated heterocycles. The molecule has 0 aliphatic rings. The van der Waals surface area contributed by atoms with E-state index in [0.29, 0.717) is 12.2 Å². The topological polar surface area (TPSA) is 69.2 Å². The lowest BCUT2D eigenvalue weighted by molar-refractivity contribution is 0.0277. The Kier molecular flexibility index (Phi) is 5.13. The number of aliphatic hydroxyl groups is 1. The number of aromatic amines is 1. The number of amides is 1. The van der Waals surface area contributed by atoms with E-state index in [9.17, 15) is 9.90 Å². The Hall–Kier alpha value is -2.14. The van der Waals surface area contributed by atoms with Gasteiger partial charge in [0.1, 0.15) is 5.69 Å². The number of benzene rings is 1. The van der Waals surface area contributed by atoms with Crippen molar-refractivity contribution < 1.29 is 9.90 Å². The molecule has 0 aliphatic heterocycles. The molecular formula is C19H27N3O2. The third-order valence-corrected chi connectivity index (χ3v) is 3.69. The third kappa shape index (κ3) is 4.93. The molecule has 5 heteroatoms. The minimum Gasteiger partial charge on any atom is -0.389 e. The molecule has 2 rings (SSSR count). The zero-order valence-corrected chi connectivity index (χ0v) is 15.1. The Morgan fingerprint density at radius 3 is 2.29 bits per heavy atom. The predicted molar refractivity (Wildman–Crippen MR) is 94.8 cm³/mol. The average Bonchev–Trinajstić information content (AvgIpc) is 2.95. The lowest BCUT2D eigenvalue weighted by Crippen LogP contribution is -2.42. The summed E-state index contributed by atoms with van der Waals surface area (Å²) in [5, 5.41) is 17.3. The largest absolute Gasteiger partial charge is 0.389 e. The Balaban J connectivity index is 2.25. The summed E-state index contributed by atoms with van der Waals surface area (Å²) >= 11 is 0. The first-order valence-corrected chi connectivity index (χ1v) is 8.18. The summed E-state index contributed by atoms with van der Waals surface area (Å²) in [5.41, 5.74) is 1.22. The molecule has 0 spiro atoms. The van der Waals surface area contributed by atoms with Crippen molar-refractivity contribution >= 4 is 5.91 Å². The molecule has 0 fully saturated rings. The van der Waals surface area contributed by atoms with Crippen LogP contribution in [0.4, 0.5) is 0 Å². The van der Waals surface area contributed by atoms with E-state index in [-0.39, 0.29) is 17.9 Å². The van der Waals surface area contributed by atoms with E-state index in [1.165, 1.54) is 0 Å². The van der Waals surface area contributed by atoms with Crippen LogP contribution < -0.4 is 0 Å². The molecule has 0 aliphatic carbocycles. The maximum Gasteiger partial charge on any atom is 0.274 e. The standard InChI is InChI=1S/C19H27N3O2/c1-18(2,3)16-11-15(20-21-16)17(23)22(13-19(4,5)24)12-14-9-7-6-8-10-14/h6-11,24H,12-13H2,1-5H3,(H,20,21). The molecule has 5 nitrogen and oxygen atoms in total. The molecule has 0 unspecified atom stereocenters. The Morgan fingerprint density at radius 2 is 1.79 bits per heavy atom. The van der Waals surface area contributed by atoms with Crippen molar-refractivity contribution in [1.29, 1.82) is 0 Å². The van der Waals surface area contributed by atoms with E-state index in [2.05, 4.69) is 31.0 Å². The fourth-order valence-electron chi connectivity index (χ4n) is 2.45. The van der Waals surface area contributed by atoms with Crippen molar-refractivity contribution in [3.05, 3.63) is 53.3 Å². The zero-order valence-electron chi connectivity index (χ0n) is 15.1. The SMILES string of the molecule is CC(C)(O)CN(Cc1ccccc1)C(=O)c1cc(C(C)(C)C)[nH]n1. The molecule has 0 bridgehead atoms. The van der Waals surface area contributed by atoms with Gasteiger partial charge in [0, 0.05) is 24.2 Å². The van der Waals surface area contributed by atoms with Gasteiger partial charge in [-0.1, -0.05) is 51.1 Å². The number of nitrogens with zero attached hydrogens (tertiary/aromatic N) is 2. The molecule has 2 N–H and O–H groups in total. The van der Waals surface area contributed by atoms with Crippen LogP contribution in [0.15, 0.2) is 36.4 Å². The molecule has 0 atom stereocenters. The van der Waals surface area contributed by atoms with Crippen LogP contribution in [0.2, 0.25) is 0 Å². The molecule has 0 saturated carbocycles. The van der Waals surface area contributed by atoms with E-state index in [1.807, 2.05) is 30.3 Å². The zero-order chi connectivity index (χ0) is 18.0. The first-order valence-electron chi connectivity index (χ1n) is 8.18. The van der Waals surface area contributed by atoms with Crippen LogP contribution in [0.5, 0.6) is 0 Å². The van der Waals surface area contributed by atoms with Crippen LogP contribution in [0, 0.1) is 0 Å². The summed E-state index contributed by atoms with van der Waals surface area (Å²) in [6.45, 7) is 10.3. The second-order valence-electron chi connectivity index (χ2n) is 7.88. The van der Waals surface area contributed by atoms with E-state index < -0.39 is 5.60 Å². The van der Waals surface area contributed by atoms with Crippen LogP contribution in [-0.2, 0) is 12.0 Å². The van der Waals surface area contributed by atoms with Gasteiger partial charge in [-0.3, -0.25) is 9.89 Å². The van der Waals surface area contributed by atoms with Crippen LogP contribution in [0.3, 0.4) is 0 Å². The molecular weight excluding hydrogens is 302 g/mol. The Morgan fingerprint density at radius 1 is 1.17 bits per heavy atom. The van der Waals surface area contributed by atoms with E-state index in [0.717, 1.165) is 11.3 Å². The number of nitrogens with one attached hydrogen (secondary N) is 1. The summed E-state index contributed by atoms with van der Waals surface area (Å²) in [6.07, 6.45) is 0. The fourth-order valence-corrected chi connectivity index (χ4v) is 2.45. The lowest BCUT2D eigenvalue weighted by Gasteiger charge is -2.28. The fraction of sp³-hybridized carbons (Fsp3) is 0.474. The molecule has 1 heterocycles. The predicted octanol–water partition coefficient (Wildman–Crippen LogP) is 3.12. The first kappa shape index (κ1) is 18.2. The normalized spacial score (nSPS) is 12.2. The highest BCUT2D eigenvalue weighted by Crippen LogP contribution is 2.21. The monoisotopic (exact) mass is 329 g/mol. The Labute approximate surface area is 143 Å². The summed E-state index contributed by atoms with van der Waals surface area (Å²) in [7, 11) is 0. The van der Waals surface area contributed by atoms with E-state index in [1.54, 1.807) is 24.8 Å². The summed E-state index contributed by atoms with van der Waals surface area (Å²) in [5.74, 6) is -0.187. The van der Waals surface area contributed by atoms with Gasteiger partial charge in [-0.2, -0.15) is 5.10 Å². The summed E-state index contributed by atoms with van der Waals surface area (Å²) in [4.78, 5) is 14.5. The van der Waals surface area contributed by atoms with Gasteiger partial charge in [0.15, 0.2) is 0 Å². The van der Waals surface area contributed by atoms with Crippen molar-refractivity contribution in [2.45, 2.75) is 52.2 Å². The van der Waals surface area contributed by atoms with Crippen LogP contribution in [0.25, 0.3) is 0 Å². The smallest absolute Gasteiger partial charge is 0.274 e. The number of carbonyl (C=O) groups excluding carboxylic acids is 1. The first-order chi connectivity index (χ1) is 11.1. The van der Waals surface area contributed by atoms with Gasteiger partial charge in [-0.25, -0.2) is 0 Å². The minimum absolute atomic E-state index is 0.105. The number of hydrogen-bond donors (Lipinski definition) is 2. The van der Waals surface area contributed by atoms with Gasteiger partial charge in [-0.05, 0) is 25.5 Å². The quantitative estimate of drug-likeness (QED) is 0.885. The number of rotatable bonds is 5. The van der Waals surface area contributed by atoms with E-state index >= 15 is 0 Å². The molecule has 1 aromatic carbocycles. The van der Waals surface area contributed by atoms with Gasteiger partial charge < -0.3 is 10.0 Å². The van der Waals surface area contributed by atoms with Gasteiger partial charge >= 0.3 is 0 Å². The highest BCUT2D eigenvalue weighted by Gasteiger charge is 2.26. The van der Waals surface area contributed by atoms with E-state index in [4.69, 9.17) is 0 Å². The highest BCUT2D eigenvalue weighted by atomic mass is 16.3. The van der Waals surface area contributed by atoms with Crippen LogP contribution in [-0.4, -0.2) is 38.3 Å². The van der Waals surface area contributed by atoms with Crippen molar-refractivity contribution in [3.63, 3.8) is 0 Å². The average molecular weight is 329 g/mol. The third-order valence-electron chi connectivity index (χ3n) is 3.69. The number of H-pyrrole nitrogens is 1. The summed E-state index contributed by atoms with van der Waals surface area (Å²) in [6, 6.07) is 11.5. The molecule has 0 radical (unpaired) electrons. The molecule has 24 heavy (non-hydrogen) atoms. The molecule has 1 aromatic heterocycles. The van der Waals surface area contributed by atoms with Gasteiger partial charge in [0.2, 0.25) is 0 Å². The van der Waals surface area contributed by atoms with Crippen molar-refractivity contribution in [2.75, 3.05) is 6.54 Å². The second-order valence-corrected chi connectivity index (χ2v) is 7.88.